The molecule has 1 aromatic heterocycles. The van der Waals surface area contributed by atoms with Crippen molar-refractivity contribution in [2.45, 2.75) is 25.8 Å². The lowest BCUT2D eigenvalue weighted by Gasteiger charge is -2.06. The maximum absolute atomic E-state index is 12.5. The van der Waals surface area contributed by atoms with Crippen molar-refractivity contribution in [3.8, 4) is 11.4 Å². The van der Waals surface area contributed by atoms with E-state index >= 15 is 0 Å². The number of hydrogen-bond acceptors (Lipinski definition) is 4. The fourth-order valence-electron chi connectivity index (χ4n) is 1.69. The monoisotopic (exact) mass is 350 g/mol. The van der Waals surface area contributed by atoms with Gasteiger partial charge >= 0.3 is 12.1 Å². The van der Waals surface area contributed by atoms with Gasteiger partial charge in [0.1, 0.15) is 0 Å². The SMILES string of the molecule is CC(C)CSCc1ccc(-c2noc(C(F)(F)F)n2)c(Cl)c1. The summed E-state index contributed by atoms with van der Waals surface area (Å²) in [6.45, 7) is 4.27. The summed E-state index contributed by atoms with van der Waals surface area (Å²) in [6.07, 6.45) is -4.66. The molecule has 2 aromatic rings. The molecule has 22 heavy (non-hydrogen) atoms. The van der Waals surface area contributed by atoms with E-state index in [1.54, 1.807) is 30.0 Å². The number of benzene rings is 1. The molecule has 2 rings (SSSR count). The van der Waals surface area contributed by atoms with Crippen LogP contribution in [0.15, 0.2) is 22.7 Å². The maximum atomic E-state index is 12.5. The molecule has 1 heterocycles. The highest BCUT2D eigenvalue weighted by Crippen LogP contribution is 2.32. The Morgan fingerprint density at radius 1 is 1.32 bits per heavy atom. The van der Waals surface area contributed by atoms with Gasteiger partial charge in [0, 0.05) is 11.3 Å². The van der Waals surface area contributed by atoms with E-state index in [-0.39, 0.29) is 5.82 Å². The van der Waals surface area contributed by atoms with Gasteiger partial charge < -0.3 is 4.52 Å². The normalized spacial score (nSPS) is 12.1. The van der Waals surface area contributed by atoms with E-state index in [4.69, 9.17) is 11.6 Å². The van der Waals surface area contributed by atoms with Gasteiger partial charge in [0.2, 0.25) is 5.82 Å². The fraction of sp³-hybridized carbons (Fsp3) is 0.429. The van der Waals surface area contributed by atoms with Crippen LogP contribution in [-0.2, 0) is 11.9 Å². The lowest BCUT2D eigenvalue weighted by atomic mass is 10.1. The summed E-state index contributed by atoms with van der Waals surface area (Å²) in [5.41, 5.74) is 1.32. The first-order chi connectivity index (χ1) is 10.3. The second-order valence-corrected chi connectivity index (χ2v) is 6.58. The Hall–Kier alpha value is -1.21. The summed E-state index contributed by atoms with van der Waals surface area (Å²) in [6, 6.07) is 5.13. The number of rotatable bonds is 5. The van der Waals surface area contributed by atoms with Crippen LogP contribution in [-0.4, -0.2) is 15.9 Å². The third-order valence-electron chi connectivity index (χ3n) is 2.66. The van der Waals surface area contributed by atoms with Crippen molar-refractivity contribution in [1.82, 2.24) is 10.1 Å². The predicted molar refractivity (Wildman–Crippen MR) is 80.7 cm³/mol. The molecule has 1 aromatic carbocycles. The van der Waals surface area contributed by atoms with E-state index < -0.39 is 12.1 Å². The molecule has 0 aliphatic carbocycles. The molecule has 0 fully saturated rings. The Morgan fingerprint density at radius 3 is 2.59 bits per heavy atom. The van der Waals surface area contributed by atoms with Gasteiger partial charge in [-0.25, -0.2) is 0 Å². The van der Waals surface area contributed by atoms with E-state index in [0.29, 0.717) is 16.5 Å². The summed E-state index contributed by atoms with van der Waals surface area (Å²) >= 11 is 7.89. The maximum Gasteiger partial charge on any atom is 0.471 e. The summed E-state index contributed by atoms with van der Waals surface area (Å²) in [5, 5.41) is 3.64. The van der Waals surface area contributed by atoms with Crippen LogP contribution < -0.4 is 0 Å². The van der Waals surface area contributed by atoms with Crippen LogP contribution in [0.2, 0.25) is 5.02 Å². The minimum Gasteiger partial charge on any atom is -0.329 e. The number of halogens is 4. The molecule has 0 saturated carbocycles. The Morgan fingerprint density at radius 2 is 2.05 bits per heavy atom. The molecule has 0 aliphatic rings. The number of alkyl halides is 3. The molecular weight excluding hydrogens is 337 g/mol. The largest absolute Gasteiger partial charge is 0.471 e. The molecule has 0 saturated heterocycles. The molecule has 0 bridgehead atoms. The van der Waals surface area contributed by atoms with Crippen molar-refractivity contribution in [2.24, 2.45) is 5.92 Å². The molecule has 0 N–H and O–H groups in total. The second-order valence-electron chi connectivity index (χ2n) is 5.14. The zero-order valence-corrected chi connectivity index (χ0v) is 13.5. The number of nitrogens with zero attached hydrogens (tertiary/aromatic N) is 2. The molecule has 0 radical (unpaired) electrons. The van der Waals surface area contributed by atoms with Crippen LogP contribution in [0.1, 0.15) is 25.3 Å². The van der Waals surface area contributed by atoms with Crippen molar-refractivity contribution in [3.63, 3.8) is 0 Å². The van der Waals surface area contributed by atoms with Gasteiger partial charge in [-0.15, -0.1) is 0 Å². The van der Waals surface area contributed by atoms with Crippen LogP contribution in [0, 0.1) is 5.92 Å². The average Bonchev–Trinajstić information content (AvgIpc) is 2.87. The fourth-order valence-corrected chi connectivity index (χ4v) is 2.98. The van der Waals surface area contributed by atoms with E-state index in [9.17, 15) is 13.2 Å². The van der Waals surface area contributed by atoms with Gasteiger partial charge in [0.25, 0.3) is 0 Å². The van der Waals surface area contributed by atoms with Gasteiger partial charge in [0.05, 0.1) is 5.02 Å². The van der Waals surface area contributed by atoms with Gasteiger partial charge in [-0.1, -0.05) is 36.7 Å². The van der Waals surface area contributed by atoms with Gasteiger partial charge in [0.15, 0.2) is 0 Å². The summed E-state index contributed by atoms with van der Waals surface area (Å²) < 4.78 is 41.6. The quantitative estimate of drug-likeness (QED) is 0.733. The summed E-state index contributed by atoms with van der Waals surface area (Å²) in [7, 11) is 0. The van der Waals surface area contributed by atoms with E-state index in [1.807, 2.05) is 0 Å². The predicted octanol–water partition coefficient (Wildman–Crippen LogP) is 5.30. The Bertz CT molecular complexity index is 643. The molecule has 3 nitrogen and oxygen atoms in total. The van der Waals surface area contributed by atoms with E-state index in [2.05, 4.69) is 28.5 Å². The van der Waals surface area contributed by atoms with Gasteiger partial charge in [-0.2, -0.15) is 29.9 Å². The molecular formula is C14H14ClF3N2OS. The Kier molecular flexibility index (Phi) is 5.39. The summed E-state index contributed by atoms with van der Waals surface area (Å²) in [4.78, 5) is 3.34. The van der Waals surface area contributed by atoms with E-state index in [1.165, 1.54) is 0 Å². The molecule has 120 valence electrons. The zero-order valence-electron chi connectivity index (χ0n) is 11.9. The number of thioether (sulfide) groups is 1. The first-order valence-electron chi connectivity index (χ1n) is 6.55. The van der Waals surface area contributed by atoms with Crippen molar-refractivity contribution < 1.29 is 17.7 Å². The summed E-state index contributed by atoms with van der Waals surface area (Å²) in [5.74, 6) is 0.867. The van der Waals surface area contributed by atoms with Crippen LogP contribution in [0.4, 0.5) is 13.2 Å². The lowest BCUT2D eigenvalue weighted by Crippen LogP contribution is -2.04. The molecule has 0 atom stereocenters. The molecule has 0 unspecified atom stereocenters. The Labute approximate surface area is 135 Å². The van der Waals surface area contributed by atoms with Gasteiger partial charge in [-0.3, -0.25) is 0 Å². The smallest absolute Gasteiger partial charge is 0.329 e. The zero-order chi connectivity index (χ0) is 16.3. The lowest BCUT2D eigenvalue weighted by molar-refractivity contribution is -0.159. The first-order valence-corrected chi connectivity index (χ1v) is 8.08. The molecule has 0 aliphatic heterocycles. The highest BCUT2D eigenvalue weighted by atomic mass is 35.5. The molecule has 0 amide bonds. The minimum atomic E-state index is -4.66. The highest BCUT2D eigenvalue weighted by molar-refractivity contribution is 7.98. The third-order valence-corrected chi connectivity index (χ3v) is 4.42. The average molecular weight is 351 g/mol. The molecule has 8 heteroatoms. The first kappa shape index (κ1) is 17.1. The number of aromatic nitrogens is 2. The minimum absolute atomic E-state index is 0.168. The number of hydrogen-bond donors (Lipinski definition) is 0. The van der Waals surface area contributed by atoms with Gasteiger partial charge in [-0.05, 0) is 29.4 Å². The van der Waals surface area contributed by atoms with Crippen LogP contribution in [0.5, 0.6) is 0 Å². The van der Waals surface area contributed by atoms with Crippen molar-refractivity contribution >= 4 is 23.4 Å². The second kappa shape index (κ2) is 6.91. The third kappa shape index (κ3) is 4.39. The Balaban J connectivity index is 2.14. The molecule has 0 spiro atoms. The highest BCUT2D eigenvalue weighted by Gasteiger charge is 2.38. The van der Waals surface area contributed by atoms with Crippen LogP contribution in [0.3, 0.4) is 0 Å². The standard InChI is InChI=1S/C14H14ClF3N2OS/c1-8(2)6-22-7-9-3-4-10(11(15)5-9)12-19-13(21-20-12)14(16,17)18/h3-5,8H,6-7H2,1-2H3. The van der Waals surface area contributed by atoms with Crippen LogP contribution in [0.25, 0.3) is 11.4 Å². The van der Waals surface area contributed by atoms with Crippen molar-refractivity contribution in [3.05, 3.63) is 34.7 Å². The van der Waals surface area contributed by atoms with Crippen molar-refractivity contribution in [1.29, 1.82) is 0 Å². The van der Waals surface area contributed by atoms with E-state index in [0.717, 1.165) is 17.1 Å². The van der Waals surface area contributed by atoms with Crippen molar-refractivity contribution in [2.75, 3.05) is 5.75 Å². The topological polar surface area (TPSA) is 38.9 Å². The van der Waals surface area contributed by atoms with Crippen LogP contribution >= 0.6 is 23.4 Å².